The fraction of sp³-hybridized carbons (Fsp3) is 0.188. The summed E-state index contributed by atoms with van der Waals surface area (Å²) in [4.78, 5) is 10.8. The summed E-state index contributed by atoms with van der Waals surface area (Å²) >= 11 is 0. The average Bonchev–Trinajstić information content (AvgIpc) is 2.40. The number of rotatable bonds is 5. The largest absolute Gasteiger partial charge is 0.478 e. The molecule has 3 heteroatoms. The molecule has 0 saturated carbocycles. The lowest BCUT2D eigenvalue weighted by atomic mass is 10.1. The number of carboxylic acids is 1. The third kappa shape index (κ3) is 3.85. The number of hydrogen-bond donors (Lipinski definition) is 2. The molecule has 0 fully saturated rings. The second-order valence-electron chi connectivity index (χ2n) is 4.62. The van der Waals surface area contributed by atoms with Gasteiger partial charge in [0.05, 0.1) is 5.56 Å². The van der Waals surface area contributed by atoms with Gasteiger partial charge in [0, 0.05) is 11.7 Å². The monoisotopic (exact) mass is 255 g/mol. The van der Waals surface area contributed by atoms with Crippen LogP contribution >= 0.6 is 0 Å². The lowest BCUT2D eigenvalue weighted by molar-refractivity contribution is 0.0697. The van der Waals surface area contributed by atoms with Crippen LogP contribution < -0.4 is 5.32 Å². The van der Waals surface area contributed by atoms with Crippen LogP contribution in [-0.4, -0.2) is 17.1 Å². The highest BCUT2D eigenvalue weighted by molar-refractivity contribution is 5.87. The molecule has 2 aromatic carbocycles. The summed E-state index contributed by atoms with van der Waals surface area (Å²) in [6.07, 6.45) is 0.932. The summed E-state index contributed by atoms with van der Waals surface area (Å²) < 4.78 is 0. The zero-order valence-corrected chi connectivity index (χ0v) is 10.8. The molecule has 0 heterocycles. The van der Waals surface area contributed by atoms with Crippen molar-refractivity contribution in [1.29, 1.82) is 0 Å². The van der Waals surface area contributed by atoms with Crippen LogP contribution in [0.5, 0.6) is 0 Å². The summed E-state index contributed by atoms with van der Waals surface area (Å²) in [5.41, 5.74) is 2.53. The highest BCUT2D eigenvalue weighted by atomic mass is 16.4. The van der Waals surface area contributed by atoms with Crippen LogP contribution in [0.3, 0.4) is 0 Å². The highest BCUT2D eigenvalue weighted by Gasteiger charge is 2.05. The van der Waals surface area contributed by atoms with Gasteiger partial charge in [-0.25, -0.2) is 4.79 Å². The van der Waals surface area contributed by atoms with Crippen LogP contribution in [-0.2, 0) is 6.42 Å². The SMILES string of the molecule is CC(Cc1ccccc1)Nc1ccc(C(=O)O)cc1. The standard InChI is InChI=1S/C16H17NO2/c1-12(11-13-5-3-2-4-6-13)17-15-9-7-14(8-10-15)16(18)19/h2-10,12,17H,11H2,1H3,(H,18,19). The van der Waals surface area contributed by atoms with E-state index in [2.05, 4.69) is 24.4 Å². The number of carboxylic acid groups (broad SMARTS) is 1. The Morgan fingerprint density at radius 1 is 1.11 bits per heavy atom. The van der Waals surface area contributed by atoms with E-state index in [4.69, 9.17) is 5.11 Å². The lowest BCUT2D eigenvalue weighted by Crippen LogP contribution is -2.18. The maximum atomic E-state index is 10.8. The Kier molecular flexibility index (Phi) is 4.18. The first-order chi connectivity index (χ1) is 9.15. The predicted octanol–water partition coefficient (Wildman–Crippen LogP) is 3.43. The molecule has 0 bridgehead atoms. The number of benzene rings is 2. The Balaban J connectivity index is 1.95. The summed E-state index contributed by atoms with van der Waals surface area (Å²) in [5.74, 6) is -0.899. The Hall–Kier alpha value is -2.29. The third-order valence-electron chi connectivity index (χ3n) is 2.93. The van der Waals surface area contributed by atoms with Crippen LogP contribution in [0.15, 0.2) is 54.6 Å². The van der Waals surface area contributed by atoms with Gasteiger partial charge < -0.3 is 10.4 Å². The maximum Gasteiger partial charge on any atom is 0.335 e. The van der Waals surface area contributed by atoms with Gasteiger partial charge in [-0.05, 0) is 43.2 Å². The van der Waals surface area contributed by atoms with Crippen LogP contribution in [0.2, 0.25) is 0 Å². The second kappa shape index (κ2) is 6.05. The van der Waals surface area contributed by atoms with Crippen molar-refractivity contribution >= 4 is 11.7 Å². The summed E-state index contributed by atoms with van der Waals surface area (Å²) in [6.45, 7) is 2.11. The van der Waals surface area contributed by atoms with Crippen LogP contribution in [0, 0.1) is 0 Å². The number of nitrogens with one attached hydrogen (secondary N) is 1. The molecule has 0 saturated heterocycles. The molecule has 0 aromatic heterocycles. The molecular weight excluding hydrogens is 238 g/mol. The van der Waals surface area contributed by atoms with E-state index in [0.717, 1.165) is 12.1 Å². The Morgan fingerprint density at radius 2 is 1.74 bits per heavy atom. The minimum Gasteiger partial charge on any atom is -0.478 e. The van der Waals surface area contributed by atoms with Crippen LogP contribution in [0.1, 0.15) is 22.8 Å². The van der Waals surface area contributed by atoms with E-state index in [1.807, 2.05) is 18.2 Å². The molecule has 0 aliphatic heterocycles. The van der Waals surface area contributed by atoms with Gasteiger partial charge in [0.1, 0.15) is 0 Å². The number of anilines is 1. The number of carbonyl (C=O) groups is 1. The van der Waals surface area contributed by atoms with E-state index in [9.17, 15) is 4.79 Å². The fourth-order valence-corrected chi connectivity index (χ4v) is 2.01. The molecule has 0 spiro atoms. The summed E-state index contributed by atoms with van der Waals surface area (Å²) in [7, 11) is 0. The van der Waals surface area contributed by atoms with Crippen molar-refractivity contribution < 1.29 is 9.90 Å². The van der Waals surface area contributed by atoms with Crippen molar-refractivity contribution in [2.75, 3.05) is 5.32 Å². The molecule has 19 heavy (non-hydrogen) atoms. The lowest BCUT2D eigenvalue weighted by Gasteiger charge is -2.15. The van der Waals surface area contributed by atoms with E-state index >= 15 is 0 Å². The first-order valence-electron chi connectivity index (χ1n) is 6.29. The number of aromatic carboxylic acids is 1. The van der Waals surface area contributed by atoms with Crippen LogP contribution in [0.4, 0.5) is 5.69 Å². The van der Waals surface area contributed by atoms with Crippen molar-refractivity contribution in [1.82, 2.24) is 0 Å². The van der Waals surface area contributed by atoms with E-state index < -0.39 is 5.97 Å². The first kappa shape index (κ1) is 13.1. The molecule has 1 atom stereocenters. The molecule has 1 unspecified atom stereocenters. The third-order valence-corrected chi connectivity index (χ3v) is 2.93. The maximum absolute atomic E-state index is 10.8. The molecule has 0 radical (unpaired) electrons. The highest BCUT2D eigenvalue weighted by Crippen LogP contribution is 2.13. The molecular formula is C16H17NO2. The topological polar surface area (TPSA) is 49.3 Å². The van der Waals surface area contributed by atoms with Crippen molar-refractivity contribution in [2.45, 2.75) is 19.4 Å². The van der Waals surface area contributed by atoms with Crippen molar-refractivity contribution in [3.05, 3.63) is 65.7 Å². The number of hydrogen-bond acceptors (Lipinski definition) is 2. The minimum atomic E-state index is -0.899. The van der Waals surface area contributed by atoms with Crippen LogP contribution in [0.25, 0.3) is 0 Å². The fourth-order valence-electron chi connectivity index (χ4n) is 2.01. The van der Waals surface area contributed by atoms with Crippen molar-refractivity contribution in [2.24, 2.45) is 0 Å². The molecule has 2 rings (SSSR count). The minimum absolute atomic E-state index is 0.290. The van der Waals surface area contributed by atoms with Crippen molar-refractivity contribution in [3.8, 4) is 0 Å². The van der Waals surface area contributed by atoms with Gasteiger partial charge in [-0.2, -0.15) is 0 Å². The zero-order chi connectivity index (χ0) is 13.7. The quantitative estimate of drug-likeness (QED) is 0.860. The smallest absolute Gasteiger partial charge is 0.335 e. The van der Waals surface area contributed by atoms with E-state index in [1.54, 1.807) is 24.3 Å². The van der Waals surface area contributed by atoms with Gasteiger partial charge in [-0.15, -0.1) is 0 Å². The van der Waals surface area contributed by atoms with Gasteiger partial charge in [-0.1, -0.05) is 30.3 Å². The van der Waals surface area contributed by atoms with Gasteiger partial charge in [0.15, 0.2) is 0 Å². The molecule has 0 aliphatic rings. The summed E-state index contributed by atoms with van der Waals surface area (Å²) in [5, 5.41) is 12.2. The predicted molar refractivity (Wildman–Crippen MR) is 76.6 cm³/mol. The normalized spacial score (nSPS) is 11.8. The van der Waals surface area contributed by atoms with Gasteiger partial charge in [0.2, 0.25) is 0 Å². The van der Waals surface area contributed by atoms with Gasteiger partial charge >= 0.3 is 5.97 Å². The Labute approximate surface area is 112 Å². The van der Waals surface area contributed by atoms with E-state index in [-0.39, 0.29) is 6.04 Å². The van der Waals surface area contributed by atoms with E-state index in [1.165, 1.54) is 5.56 Å². The Bertz CT molecular complexity index is 534. The molecule has 98 valence electrons. The molecule has 0 amide bonds. The Morgan fingerprint density at radius 3 is 2.32 bits per heavy atom. The molecule has 2 aromatic rings. The van der Waals surface area contributed by atoms with Gasteiger partial charge in [-0.3, -0.25) is 0 Å². The van der Waals surface area contributed by atoms with Crippen molar-refractivity contribution in [3.63, 3.8) is 0 Å². The second-order valence-corrected chi connectivity index (χ2v) is 4.62. The summed E-state index contributed by atoms with van der Waals surface area (Å²) in [6, 6.07) is 17.4. The first-order valence-corrected chi connectivity index (χ1v) is 6.29. The molecule has 3 nitrogen and oxygen atoms in total. The zero-order valence-electron chi connectivity index (χ0n) is 10.8. The molecule has 2 N–H and O–H groups in total. The van der Waals surface area contributed by atoms with E-state index in [0.29, 0.717) is 5.56 Å². The average molecular weight is 255 g/mol. The van der Waals surface area contributed by atoms with Gasteiger partial charge in [0.25, 0.3) is 0 Å². The molecule has 0 aliphatic carbocycles.